The Kier molecular flexibility index (Phi) is 7.55. The molecule has 0 aromatic heterocycles. The molecule has 162 valence electrons. The van der Waals surface area contributed by atoms with Crippen molar-refractivity contribution in [3.8, 4) is 5.75 Å². The van der Waals surface area contributed by atoms with Gasteiger partial charge in [0.05, 0.1) is 4.90 Å². The Morgan fingerprint density at radius 1 is 1.07 bits per heavy atom. The summed E-state index contributed by atoms with van der Waals surface area (Å²) in [5, 5.41) is 2.87. The van der Waals surface area contributed by atoms with Crippen LogP contribution in [0.25, 0.3) is 0 Å². The van der Waals surface area contributed by atoms with Gasteiger partial charge in [0.1, 0.15) is 5.75 Å². The van der Waals surface area contributed by atoms with Crippen LogP contribution >= 0.6 is 15.9 Å². The lowest BCUT2D eigenvalue weighted by atomic mass is 9.96. The van der Waals surface area contributed by atoms with Crippen molar-refractivity contribution in [2.24, 2.45) is 0 Å². The van der Waals surface area contributed by atoms with E-state index >= 15 is 0 Å². The molecule has 1 aliphatic carbocycles. The highest BCUT2D eigenvalue weighted by molar-refractivity contribution is 9.10. The molecule has 8 heteroatoms. The molecule has 1 fully saturated rings. The lowest BCUT2D eigenvalue weighted by molar-refractivity contribution is -0.118. The number of carbonyl (C=O) groups is 1. The van der Waals surface area contributed by atoms with Crippen LogP contribution in [-0.2, 0) is 14.8 Å². The smallest absolute Gasteiger partial charge is 0.262 e. The predicted octanol–water partition coefficient (Wildman–Crippen LogP) is 4.69. The van der Waals surface area contributed by atoms with Gasteiger partial charge in [-0.1, -0.05) is 35.2 Å². The fourth-order valence-electron chi connectivity index (χ4n) is 3.66. The number of benzene rings is 2. The van der Waals surface area contributed by atoms with Crippen LogP contribution in [0.4, 0.5) is 5.69 Å². The van der Waals surface area contributed by atoms with Crippen molar-refractivity contribution in [2.45, 2.75) is 56.9 Å². The van der Waals surface area contributed by atoms with Gasteiger partial charge in [-0.25, -0.2) is 13.1 Å². The van der Waals surface area contributed by atoms with E-state index in [0.29, 0.717) is 5.75 Å². The topological polar surface area (TPSA) is 84.5 Å². The number of sulfonamides is 1. The second kappa shape index (κ2) is 9.94. The van der Waals surface area contributed by atoms with Crippen LogP contribution in [0.1, 0.15) is 43.2 Å². The molecule has 6 nitrogen and oxygen atoms in total. The highest BCUT2D eigenvalue weighted by Crippen LogP contribution is 2.25. The number of hydrogen-bond acceptors (Lipinski definition) is 4. The third kappa shape index (κ3) is 6.06. The number of nitrogens with one attached hydrogen (secondary N) is 2. The third-order valence-electron chi connectivity index (χ3n) is 5.19. The van der Waals surface area contributed by atoms with Crippen molar-refractivity contribution in [3.05, 3.63) is 52.0 Å². The van der Waals surface area contributed by atoms with E-state index in [1.165, 1.54) is 18.6 Å². The average Bonchev–Trinajstić information content (AvgIpc) is 2.70. The lowest BCUT2D eigenvalue weighted by Gasteiger charge is -2.22. The fourth-order valence-corrected chi connectivity index (χ4v) is 5.65. The van der Waals surface area contributed by atoms with Crippen LogP contribution in [0.3, 0.4) is 0 Å². The Morgan fingerprint density at radius 2 is 1.67 bits per heavy atom. The summed E-state index contributed by atoms with van der Waals surface area (Å²) >= 11 is 3.44. The second-order valence-corrected chi connectivity index (χ2v) is 10.3. The average molecular weight is 495 g/mol. The summed E-state index contributed by atoms with van der Waals surface area (Å²) in [6.45, 7) is 3.69. The van der Waals surface area contributed by atoms with Crippen LogP contribution in [-0.4, -0.2) is 27.0 Å². The maximum atomic E-state index is 12.5. The minimum atomic E-state index is -3.55. The lowest BCUT2D eigenvalue weighted by Crippen LogP contribution is -2.36. The monoisotopic (exact) mass is 494 g/mol. The number of anilines is 1. The fraction of sp³-hybridized carbons (Fsp3) is 0.409. The Labute approximate surface area is 186 Å². The molecule has 0 aliphatic heterocycles. The van der Waals surface area contributed by atoms with E-state index in [4.69, 9.17) is 4.74 Å². The number of aryl methyl sites for hydroxylation is 2. The molecular weight excluding hydrogens is 468 g/mol. The van der Waals surface area contributed by atoms with Gasteiger partial charge in [-0.3, -0.25) is 4.79 Å². The minimum absolute atomic E-state index is 0.00824. The van der Waals surface area contributed by atoms with Crippen LogP contribution in [0.2, 0.25) is 0 Å². The van der Waals surface area contributed by atoms with E-state index in [2.05, 4.69) is 26.0 Å². The third-order valence-corrected chi connectivity index (χ3v) is 7.19. The van der Waals surface area contributed by atoms with Crippen LogP contribution in [0.15, 0.2) is 45.8 Å². The van der Waals surface area contributed by atoms with Gasteiger partial charge in [-0.2, -0.15) is 0 Å². The molecule has 1 aliphatic rings. The molecule has 0 heterocycles. The molecule has 0 atom stereocenters. The van der Waals surface area contributed by atoms with Crippen LogP contribution in [0.5, 0.6) is 5.75 Å². The number of carbonyl (C=O) groups excluding carboxylic acids is 1. The van der Waals surface area contributed by atoms with Gasteiger partial charge in [0, 0.05) is 16.2 Å². The zero-order valence-corrected chi connectivity index (χ0v) is 19.6. The molecule has 30 heavy (non-hydrogen) atoms. The number of ether oxygens (including phenoxy) is 1. The standard InChI is InChI=1S/C22H27BrN2O4S/c1-15-12-17(23)13-16(2)22(15)24-21(26)14-29-19-8-10-20(11-9-19)30(27,28)25-18-6-4-3-5-7-18/h8-13,18,25H,3-7,14H2,1-2H3,(H,24,26). The molecule has 1 amide bonds. The molecular formula is C22H27BrN2O4S. The van der Waals surface area contributed by atoms with E-state index in [1.54, 1.807) is 12.1 Å². The van der Waals surface area contributed by atoms with Gasteiger partial charge in [0.25, 0.3) is 5.91 Å². The van der Waals surface area contributed by atoms with E-state index < -0.39 is 10.0 Å². The van der Waals surface area contributed by atoms with E-state index in [9.17, 15) is 13.2 Å². The molecule has 0 saturated heterocycles. The SMILES string of the molecule is Cc1cc(Br)cc(C)c1NC(=O)COc1ccc(S(=O)(=O)NC2CCCCC2)cc1. The zero-order valence-electron chi connectivity index (χ0n) is 17.2. The predicted molar refractivity (Wildman–Crippen MR) is 121 cm³/mol. The Hall–Kier alpha value is -1.90. The number of hydrogen-bond donors (Lipinski definition) is 2. The van der Waals surface area contributed by atoms with Gasteiger partial charge in [-0.05, 0) is 74.2 Å². The molecule has 0 radical (unpaired) electrons. The molecule has 2 aromatic rings. The van der Waals surface area contributed by atoms with E-state index in [1.807, 2.05) is 26.0 Å². The van der Waals surface area contributed by atoms with Crippen LogP contribution < -0.4 is 14.8 Å². The Balaban J connectivity index is 1.56. The normalized spacial score (nSPS) is 15.0. The van der Waals surface area contributed by atoms with Crippen molar-refractivity contribution >= 4 is 37.5 Å². The van der Waals surface area contributed by atoms with Crippen molar-refractivity contribution in [1.29, 1.82) is 0 Å². The molecule has 2 N–H and O–H groups in total. The van der Waals surface area contributed by atoms with Crippen LogP contribution in [0, 0.1) is 13.8 Å². The summed E-state index contributed by atoms with van der Waals surface area (Å²) in [5.41, 5.74) is 2.67. The largest absolute Gasteiger partial charge is 0.484 e. The first kappa shape index (κ1) is 22.8. The second-order valence-electron chi connectivity index (χ2n) is 7.68. The Bertz CT molecular complexity index is 977. The van der Waals surface area contributed by atoms with Crippen molar-refractivity contribution < 1.29 is 17.9 Å². The number of rotatable bonds is 7. The molecule has 0 unspecified atom stereocenters. The van der Waals surface area contributed by atoms with Gasteiger partial charge >= 0.3 is 0 Å². The summed E-state index contributed by atoms with van der Waals surface area (Å²) in [5.74, 6) is 0.158. The molecule has 3 rings (SSSR count). The molecule has 2 aromatic carbocycles. The Morgan fingerprint density at radius 3 is 2.27 bits per heavy atom. The van der Waals surface area contributed by atoms with Crippen molar-refractivity contribution in [2.75, 3.05) is 11.9 Å². The summed E-state index contributed by atoms with van der Waals surface area (Å²) in [4.78, 5) is 12.5. The van der Waals surface area contributed by atoms with Gasteiger partial charge < -0.3 is 10.1 Å². The molecule has 0 bridgehead atoms. The highest BCUT2D eigenvalue weighted by atomic mass is 79.9. The number of halogens is 1. The van der Waals surface area contributed by atoms with Gasteiger partial charge in [0.15, 0.2) is 6.61 Å². The first-order valence-electron chi connectivity index (χ1n) is 10.1. The zero-order chi connectivity index (χ0) is 21.7. The summed E-state index contributed by atoms with van der Waals surface area (Å²) < 4.78 is 34.4. The molecule has 0 spiro atoms. The van der Waals surface area contributed by atoms with E-state index in [0.717, 1.165) is 47.0 Å². The van der Waals surface area contributed by atoms with E-state index in [-0.39, 0.29) is 23.5 Å². The summed E-state index contributed by atoms with van der Waals surface area (Å²) in [7, 11) is -3.55. The first-order chi connectivity index (χ1) is 14.2. The number of amides is 1. The minimum Gasteiger partial charge on any atom is -0.484 e. The summed E-state index contributed by atoms with van der Waals surface area (Å²) in [6, 6.07) is 10.0. The van der Waals surface area contributed by atoms with Gasteiger partial charge in [0.2, 0.25) is 10.0 Å². The quantitative estimate of drug-likeness (QED) is 0.584. The highest BCUT2D eigenvalue weighted by Gasteiger charge is 2.21. The molecule has 1 saturated carbocycles. The first-order valence-corrected chi connectivity index (χ1v) is 12.3. The summed E-state index contributed by atoms with van der Waals surface area (Å²) in [6.07, 6.45) is 5.04. The maximum Gasteiger partial charge on any atom is 0.262 e. The maximum absolute atomic E-state index is 12.5. The van der Waals surface area contributed by atoms with Gasteiger partial charge in [-0.15, -0.1) is 0 Å². The van der Waals surface area contributed by atoms with Crippen molar-refractivity contribution in [3.63, 3.8) is 0 Å². The van der Waals surface area contributed by atoms with Crippen molar-refractivity contribution in [1.82, 2.24) is 4.72 Å².